The zero-order valence-electron chi connectivity index (χ0n) is 8.87. The van der Waals surface area contributed by atoms with Crippen molar-refractivity contribution >= 4 is 5.84 Å². The summed E-state index contributed by atoms with van der Waals surface area (Å²) in [5.74, 6) is 1.89. The average molecular weight is 199 g/mol. The Morgan fingerprint density at radius 2 is 2.36 bits per heavy atom. The number of hydrogen-bond acceptors (Lipinski definition) is 3. The number of nitrogens with zero attached hydrogens (tertiary/aromatic N) is 1. The molecule has 14 heavy (non-hydrogen) atoms. The van der Waals surface area contributed by atoms with Gasteiger partial charge in [0.2, 0.25) is 0 Å². The summed E-state index contributed by atoms with van der Waals surface area (Å²) in [4.78, 5) is 0. The molecule has 4 N–H and O–H groups in total. The molecule has 0 aromatic carbocycles. The summed E-state index contributed by atoms with van der Waals surface area (Å²) in [6.07, 6.45) is 5.34. The highest BCUT2D eigenvalue weighted by Crippen LogP contribution is 2.27. The highest BCUT2D eigenvalue weighted by Gasteiger charge is 2.18. The standard InChI is InChI=1S/C10H21N3O/c1-8-3-2-4-9(5-8)6-12-7-10(11)13-14/h8-9,12,14H,2-7H2,1H3,(H2,11,13). The van der Waals surface area contributed by atoms with Crippen molar-refractivity contribution in [2.75, 3.05) is 13.1 Å². The molecule has 4 nitrogen and oxygen atoms in total. The summed E-state index contributed by atoms with van der Waals surface area (Å²) in [6.45, 7) is 3.79. The van der Waals surface area contributed by atoms with Gasteiger partial charge in [0.1, 0.15) is 0 Å². The average Bonchev–Trinajstić information content (AvgIpc) is 2.17. The molecule has 0 aromatic rings. The molecule has 1 rings (SSSR count). The fourth-order valence-corrected chi connectivity index (χ4v) is 2.18. The third-order valence-corrected chi connectivity index (χ3v) is 2.91. The Hall–Kier alpha value is -0.770. The van der Waals surface area contributed by atoms with Crippen molar-refractivity contribution < 1.29 is 5.21 Å². The molecule has 2 atom stereocenters. The first kappa shape index (κ1) is 11.3. The van der Waals surface area contributed by atoms with Crippen molar-refractivity contribution in [2.45, 2.75) is 32.6 Å². The first-order chi connectivity index (χ1) is 6.72. The highest BCUT2D eigenvalue weighted by molar-refractivity contribution is 5.81. The van der Waals surface area contributed by atoms with Crippen LogP contribution in [0.2, 0.25) is 0 Å². The van der Waals surface area contributed by atoms with E-state index < -0.39 is 0 Å². The summed E-state index contributed by atoms with van der Waals surface area (Å²) >= 11 is 0. The molecule has 2 unspecified atom stereocenters. The van der Waals surface area contributed by atoms with Gasteiger partial charge in [0, 0.05) is 0 Å². The fourth-order valence-electron chi connectivity index (χ4n) is 2.18. The third-order valence-electron chi connectivity index (χ3n) is 2.91. The zero-order valence-corrected chi connectivity index (χ0v) is 8.87. The molecule has 1 fully saturated rings. The first-order valence-electron chi connectivity index (χ1n) is 5.39. The Morgan fingerprint density at radius 3 is 3.00 bits per heavy atom. The maximum absolute atomic E-state index is 8.34. The van der Waals surface area contributed by atoms with Crippen LogP contribution in [0.4, 0.5) is 0 Å². The van der Waals surface area contributed by atoms with Crippen molar-refractivity contribution in [3.63, 3.8) is 0 Å². The quantitative estimate of drug-likeness (QED) is 0.275. The van der Waals surface area contributed by atoms with Gasteiger partial charge >= 0.3 is 0 Å². The molecule has 0 amide bonds. The van der Waals surface area contributed by atoms with Crippen LogP contribution in [0.15, 0.2) is 5.16 Å². The molecule has 82 valence electrons. The molecule has 0 aromatic heterocycles. The van der Waals surface area contributed by atoms with Crippen LogP contribution in [0.25, 0.3) is 0 Å². The summed E-state index contributed by atoms with van der Waals surface area (Å²) in [5, 5.41) is 14.5. The van der Waals surface area contributed by atoms with Gasteiger partial charge in [-0.2, -0.15) is 0 Å². The Kier molecular flexibility index (Phi) is 4.73. The van der Waals surface area contributed by atoms with Crippen LogP contribution in [0.1, 0.15) is 32.6 Å². The predicted octanol–water partition coefficient (Wildman–Crippen LogP) is 1.15. The minimum Gasteiger partial charge on any atom is -0.409 e. The molecule has 0 heterocycles. The lowest BCUT2D eigenvalue weighted by Gasteiger charge is -2.26. The predicted molar refractivity (Wildman–Crippen MR) is 57.4 cm³/mol. The van der Waals surface area contributed by atoms with E-state index in [2.05, 4.69) is 17.4 Å². The molecule has 1 aliphatic carbocycles. The van der Waals surface area contributed by atoms with Crippen molar-refractivity contribution in [2.24, 2.45) is 22.7 Å². The van der Waals surface area contributed by atoms with E-state index >= 15 is 0 Å². The van der Waals surface area contributed by atoms with Gasteiger partial charge < -0.3 is 16.3 Å². The number of nitrogens with one attached hydrogen (secondary N) is 1. The van der Waals surface area contributed by atoms with Gasteiger partial charge in [0.15, 0.2) is 5.84 Å². The van der Waals surface area contributed by atoms with Crippen LogP contribution >= 0.6 is 0 Å². The number of oxime groups is 1. The molecule has 0 spiro atoms. The minimum absolute atomic E-state index is 0.258. The lowest BCUT2D eigenvalue weighted by molar-refractivity contribution is 0.276. The van der Waals surface area contributed by atoms with Crippen LogP contribution in [0, 0.1) is 11.8 Å². The normalized spacial score (nSPS) is 29.1. The van der Waals surface area contributed by atoms with E-state index in [1.807, 2.05) is 0 Å². The van der Waals surface area contributed by atoms with Gasteiger partial charge in [-0.3, -0.25) is 0 Å². The molecule has 0 aliphatic heterocycles. The zero-order chi connectivity index (χ0) is 10.4. The highest BCUT2D eigenvalue weighted by atomic mass is 16.4. The second-order valence-corrected chi connectivity index (χ2v) is 4.36. The van der Waals surface area contributed by atoms with Crippen molar-refractivity contribution in [3.05, 3.63) is 0 Å². The molecule has 0 saturated heterocycles. The number of rotatable bonds is 4. The van der Waals surface area contributed by atoms with Crippen LogP contribution < -0.4 is 11.1 Å². The van der Waals surface area contributed by atoms with Crippen LogP contribution in [-0.2, 0) is 0 Å². The minimum atomic E-state index is 0.258. The monoisotopic (exact) mass is 199 g/mol. The smallest absolute Gasteiger partial charge is 0.153 e. The topological polar surface area (TPSA) is 70.6 Å². The van der Waals surface area contributed by atoms with Gasteiger partial charge in [0.25, 0.3) is 0 Å². The SMILES string of the molecule is CC1CCCC(CNCC(N)=NO)C1. The Balaban J connectivity index is 2.11. The van der Waals surface area contributed by atoms with Gasteiger partial charge in [-0.25, -0.2) is 0 Å². The van der Waals surface area contributed by atoms with E-state index in [0.29, 0.717) is 6.54 Å². The first-order valence-corrected chi connectivity index (χ1v) is 5.39. The lowest BCUT2D eigenvalue weighted by Crippen LogP contribution is -2.33. The van der Waals surface area contributed by atoms with Gasteiger partial charge in [-0.15, -0.1) is 0 Å². The molecular weight excluding hydrogens is 178 g/mol. The summed E-state index contributed by atoms with van der Waals surface area (Å²) < 4.78 is 0. The fraction of sp³-hybridized carbons (Fsp3) is 0.900. The largest absolute Gasteiger partial charge is 0.409 e. The Labute approximate surface area is 85.6 Å². The van der Waals surface area contributed by atoms with E-state index in [4.69, 9.17) is 10.9 Å². The summed E-state index contributed by atoms with van der Waals surface area (Å²) in [6, 6.07) is 0. The van der Waals surface area contributed by atoms with E-state index in [0.717, 1.165) is 18.4 Å². The Bertz CT molecular complexity index is 194. The van der Waals surface area contributed by atoms with Crippen LogP contribution in [0.3, 0.4) is 0 Å². The molecule has 4 heteroatoms. The van der Waals surface area contributed by atoms with Gasteiger partial charge in [0.05, 0.1) is 6.54 Å². The molecular formula is C10H21N3O. The van der Waals surface area contributed by atoms with Crippen molar-refractivity contribution in [1.82, 2.24) is 5.32 Å². The number of amidine groups is 1. The summed E-state index contributed by atoms with van der Waals surface area (Å²) in [7, 11) is 0. The Morgan fingerprint density at radius 1 is 1.57 bits per heavy atom. The van der Waals surface area contributed by atoms with Crippen LogP contribution in [-0.4, -0.2) is 24.1 Å². The summed E-state index contributed by atoms with van der Waals surface area (Å²) in [5.41, 5.74) is 5.35. The molecule has 0 bridgehead atoms. The maximum atomic E-state index is 8.34. The number of hydrogen-bond donors (Lipinski definition) is 3. The molecule has 0 radical (unpaired) electrons. The van der Waals surface area contributed by atoms with E-state index in [1.165, 1.54) is 25.7 Å². The van der Waals surface area contributed by atoms with Gasteiger partial charge in [-0.05, 0) is 31.2 Å². The maximum Gasteiger partial charge on any atom is 0.153 e. The molecule has 1 saturated carbocycles. The second kappa shape index (κ2) is 5.86. The number of nitrogens with two attached hydrogens (primary N) is 1. The van der Waals surface area contributed by atoms with Gasteiger partial charge in [-0.1, -0.05) is 24.9 Å². The van der Waals surface area contributed by atoms with Crippen molar-refractivity contribution in [3.8, 4) is 0 Å². The third kappa shape index (κ3) is 3.96. The second-order valence-electron chi connectivity index (χ2n) is 4.36. The van der Waals surface area contributed by atoms with E-state index in [9.17, 15) is 0 Å². The van der Waals surface area contributed by atoms with E-state index in [-0.39, 0.29) is 5.84 Å². The van der Waals surface area contributed by atoms with Crippen LogP contribution in [0.5, 0.6) is 0 Å². The molecule has 1 aliphatic rings. The lowest BCUT2D eigenvalue weighted by atomic mass is 9.82. The van der Waals surface area contributed by atoms with E-state index in [1.54, 1.807) is 0 Å². The van der Waals surface area contributed by atoms with Crippen molar-refractivity contribution in [1.29, 1.82) is 0 Å².